The summed E-state index contributed by atoms with van der Waals surface area (Å²) in [7, 11) is 1.23. The Labute approximate surface area is 65.8 Å². The number of ether oxygens (including phenoxy) is 1. The van der Waals surface area contributed by atoms with E-state index in [-0.39, 0.29) is 12.4 Å². The molecule has 0 spiro atoms. The number of aliphatic hydroxyl groups excluding tert-OH is 1. The minimum Gasteiger partial charge on any atom is -0.468 e. The van der Waals surface area contributed by atoms with Crippen LogP contribution in [0, 0.1) is 0 Å². The van der Waals surface area contributed by atoms with Crippen molar-refractivity contribution in [3.8, 4) is 0 Å². The highest BCUT2D eigenvalue weighted by Gasteiger charge is 2.27. The summed E-state index contributed by atoms with van der Waals surface area (Å²) in [5.41, 5.74) is 3.99. The highest BCUT2D eigenvalue weighted by molar-refractivity contribution is 5.85. The molecule has 0 radical (unpaired) electrons. The van der Waals surface area contributed by atoms with E-state index in [1.54, 1.807) is 0 Å². The molecule has 0 saturated heterocycles. The molecule has 0 aliphatic heterocycles. The molecular weight excluding hydrogens is 158 g/mol. The summed E-state index contributed by atoms with van der Waals surface area (Å²) in [6.07, 6.45) is 0. The normalized spacial score (nSPS) is 14.8. The van der Waals surface area contributed by atoms with Crippen molar-refractivity contribution in [1.29, 1.82) is 0 Å². The lowest BCUT2D eigenvalue weighted by atomic mass is 10.1. The van der Waals surface area contributed by atoms with E-state index in [9.17, 15) is 4.79 Å². The van der Waals surface area contributed by atoms with Crippen molar-refractivity contribution in [2.75, 3.05) is 13.7 Å². The van der Waals surface area contributed by atoms with Crippen molar-refractivity contribution in [2.45, 2.75) is 12.5 Å². The van der Waals surface area contributed by atoms with E-state index >= 15 is 0 Å². The number of carbonyl (C=O) groups excluding carboxylic acids is 1. The second kappa shape index (κ2) is 4.49. The fraction of sp³-hybridized carbons (Fsp3) is 0.800. The molecule has 62 valence electrons. The van der Waals surface area contributed by atoms with Gasteiger partial charge in [0.1, 0.15) is 5.54 Å². The molecule has 0 aliphatic carbocycles. The second-order valence-corrected chi connectivity index (χ2v) is 2.07. The smallest absolute Gasteiger partial charge is 0.327 e. The molecular formula is C5H12ClNO3. The lowest BCUT2D eigenvalue weighted by molar-refractivity contribution is -0.147. The van der Waals surface area contributed by atoms with Gasteiger partial charge in [0.2, 0.25) is 0 Å². The van der Waals surface area contributed by atoms with Gasteiger partial charge in [-0.05, 0) is 6.92 Å². The van der Waals surface area contributed by atoms with Gasteiger partial charge in [-0.3, -0.25) is 0 Å². The van der Waals surface area contributed by atoms with Gasteiger partial charge < -0.3 is 15.6 Å². The van der Waals surface area contributed by atoms with Crippen molar-refractivity contribution in [3.05, 3.63) is 0 Å². The number of hydrogen-bond acceptors (Lipinski definition) is 4. The van der Waals surface area contributed by atoms with Gasteiger partial charge in [0.25, 0.3) is 0 Å². The number of rotatable bonds is 2. The lowest BCUT2D eigenvalue weighted by Gasteiger charge is -2.17. The Morgan fingerprint density at radius 1 is 1.80 bits per heavy atom. The molecule has 0 bridgehead atoms. The van der Waals surface area contributed by atoms with E-state index in [1.165, 1.54) is 14.0 Å². The molecule has 0 aliphatic rings. The van der Waals surface area contributed by atoms with Crippen LogP contribution in [0.25, 0.3) is 0 Å². The topological polar surface area (TPSA) is 72.5 Å². The summed E-state index contributed by atoms with van der Waals surface area (Å²) >= 11 is 0. The SMILES string of the molecule is COC(=O)[C@](C)(N)CO.Cl. The number of nitrogens with two attached hydrogens (primary N) is 1. The molecule has 0 saturated carbocycles. The molecule has 10 heavy (non-hydrogen) atoms. The van der Waals surface area contributed by atoms with Crippen LogP contribution in [0.5, 0.6) is 0 Å². The summed E-state index contributed by atoms with van der Waals surface area (Å²) in [5.74, 6) is -0.606. The number of aliphatic hydroxyl groups is 1. The Balaban J connectivity index is 0. The van der Waals surface area contributed by atoms with E-state index in [0.717, 1.165) is 0 Å². The van der Waals surface area contributed by atoms with Gasteiger partial charge in [-0.25, -0.2) is 4.79 Å². The lowest BCUT2D eigenvalue weighted by Crippen LogP contribution is -2.48. The quantitative estimate of drug-likeness (QED) is 0.536. The van der Waals surface area contributed by atoms with Crippen LogP contribution >= 0.6 is 12.4 Å². The summed E-state index contributed by atoms with van der Waals surface area (Å²) in [4.78, 5) is 10.6. The van der Waals surface area contributed by atoms with Crippen LogP contribution < -0.4 is 5.73 Å². The fourth-order valence-electron chi connectivity index (χ4n) is 0.298. The average Bonchev–Trinajstić information content (AvgIpc) is 1.86. The van der Waals surface area contributed by atoms with Crippen LogP contribution in [0.2, 0.25) is 0 Å². The van der Waals surface area contributed by atoms with Crippen molar-refractivity contribution >= 4 is 18.4 Å². The molecule has 0 fully saturated rings. The first-order chi connectivity index (χ1) is 4.04. The van der Waals surface area contributed by atoms with Crippen molar-refractivity contribution in [1.82, 2.24) is 0 Å². The van der Waals surface area contributed by atoms with E-state index in [0.29, 0.717) is 0 Å². The maximum absolute atomic E-state index is 10.6. The minimum absolute atomic E-state index is 0. The maximum atomic E-state index is 10.6. The molecule has 0 unspecified atom stereocenters. The molecule has 3 N–H and O–H groups in total. The molecule has 0 amide bonds. The third-order valence-electron chi connectivity index (χ3n) is 0.980. The van der Waals surface area contributed by atoms with Gasteiger partial charge in [0.05, 0.1) is 13.7 Å². The third-order valence-corrected chi connectivity index (χ3v) is 0.980. The Morgan fingerprint density at radius 2 is 2.20 bits per heavy atom. The Kier molecular flexibility index (Phi) is 5.55. The zero-order chi connectivity index (χ0) is 7.49. The van der Waals surface area contributed by atoms with Gasteiger partial charge in [0, 0.05) is 0 Å². The van der Waals surface area contributed by atoms with Crippen LogP contribution in [0.15, 0.2) is 0 Å². The first-order valence-electron chi connectivity index (χ1n) is 2.52. The predicted octanol–water partition coefficient (Wildman–Crippen LogP) is -0.709. The highest BCUT2D eigenvalue weighted by Crippen LogP contribution is 1.98. The molecule has 0 aromatic rings. The van der Waals surface area contributed by atoms with Crippen LogP contribution in [0.1, 0.15) is 6.92 Å². The van der Waals surface area contributed by atoms with E-state index < -0.39 is 18.1 Å². The summed E-state index contributed by atoms with van der Waals surface area (Å²) < 4.78 is 4.28. The van der Waals surface area contributed by atoms with Crippen LogP contribution in [-0.4, -0.2) is 30.3 Å². The second-order valence-electron chi connectivity index (χ2n) is 2.07. The fourth-order valence-corrected chi connectivity index (χ4v) is 0.298. The molecule has 0 heterocycles. The molecule has 0 aromatic heterocycles. The monoisotopic (exact) mass is 169 g/mol. The number of carbonyl (C=O) groups is 1. The highest BCUT2D eigenvalue weighted by atomic mass is 35.5. The molecule has 1 atom stereocenters. The first-order valence-corrected chi connectivity index (χ1v) is 2.52. The van der Waals surface area contributed by atoms with Crippen LogP contribution in [-0.2, 0) is 9.53 Å². The minimum atomic E-state index is -1.26. The van der Waals surface area contributed by atoms with E-state index in [1.807, 2.05) is 0 Å². The van der Waals surface area contributed by atoms with Gasteiger partial charge in [-0.1, -0.05) is 0 Å². The maximum Gasteiger partial charge on any atom is 0.327 e. The number of esters is 1. The zero-order valence-electron chi connectivity index (χ0n) is 5.96. The molecule has 0 rings (SSSR count). The molecule has 4 nitrogen and oxygen atoms in total. The van der Waals surface area contributed by atoms with Crippen molar-refractivity contribution in [3.63, 3.8) is 0 Å². The first kappa shape index (κ1) is 12.4. The largest absolute Gasteiger partial charge is 0.468 e. The van der Waals surface area contributed by atoms with Crippen molar-refractivity contribution < 1.29 is 14.6 Å². The van der Waals surface area contributed by atoms with Crippen LogP contribution in [0.3, 0.4) is 0 Å². The van der Waals surface area contributed by atoms with Crippen LogP contribution in [0.4, 0.5) is 0 Å². The summed E-state index contributed by atoms with van der Waals surface area (Å²) in [6, 6.07) is 0. The summed E-state index contributed by atoms with van der Waals surface area (Å²) in [5, 5.41) is 8.47. The standard InChI is InChI=1S/C5H11NO3.ClH/c1-5(6,3-7)4(8)9-2;/h7H,3,6H2,1-2H3;1H/t5-;/m1./s1. The van der Waals surface area contributed by atoms with E-state index in [4.69, 9.17) is 10.8 Å². The Morgan fingerprint density at radius 3 is 2.30 bits per heavy atom. The number of hydrogen-bond donors (Lipinski definition) is 2. The van der Waals surface area contributed by atoms with Gasteiger partial charge >= 0.3 is 5.97 Å². The summed E-state index contributed by atoms with van der Waals surface area (Å²) in [6.45, 7) is 0.999. The Hall–Kier alpha value is -0.320. The zero-order valence-corrected chi connectivity index (χ0v) is 6.77. The molecule has 5 heteroatoms. The van der Waals surface area contributed by atoms with E-state index in [2.05, 4.69) is 4.74 Å². The number of methoxy groups -OCH3 is 1. The van der Waals surface area contributed by atoms with Gasteiger partial charge in [0.15, 0.2) is 0 Å². The van der Waals surface area contributed by atoms with Crippen molar-refractivity contribution in [2.24, 2.45) is 5.73 Å². The number of halogens is 1. The Bertz CT molecular complexity index is 115. The third kappa shape index (κ3) is 3.00. The molecule has 0 aromatic carbocycles. The predicted molar refractivity (Wildman–Crippen MR) is 38.9 cm³/mol. The van der Waals surface area contributed by atoms with Gasteiger partial charge in [-0.2, -0.15) is 0 Å². The van der Waals surface area contributed by atoms with Gasteiger partial charge in [-0.15, -0.1) is 12.4 Å². The average molecular weight is 170 g/mol.